The predicted octanol–water partition coefficient (Wildman–Crippen LogP) is 4.97. The van der Waals surface area contributed by atoms with E-state index in [1.807, 2.05) is 19.9 Å². The van der Waals surface area contributed by atoms with E-state index in [4.69, 9.17) is 0 Å². The molecule has 0 radical (unpaired) electrons. The maximum absolute atomic E-state index is 12.8. The number of aromatic nitrogens is 2. The van der Waals surface area contributed by atoms with Crippen molar-refractivity contribution < 1.29 is 9.59 Å². The summed E-state index contributed by atoms with van der Waals surface area (Å²) in [5.41, 5.74) is 4.93. The van der Waals surface area contributed by atoms with E-state index in [2.05, 4.69) is 26.7 Å². The SMILES string of the molecule is Cc1cc(Nc2ncnc(NC(=O)C3CC3)c2C)cc2c1C(=O)CC21CCCCC1. The van der Waals surface area contributed by atoms with Gasteiger partial charge >= 0.3 is 0 Å². The zero-order chi connectivity index (χ0) is 20.9. The number of nitrogens with one attached hydrogen (secondary N) is 2. The van der Waals surface area contributed by atoms with Gasteiger partial charge in [0, 0.05) is 34.6 Å². The Hall–Kier alpha value is -2.76. The van der Waals surface area contributed by atoms with Gasteiger partial charge in [-0.1, -0.05) is 19.3 Å². The van der Waals surface area contributed by atoms with Gasteiger partial charge < -0.3 is 10.6 Å². The fraction of sp³-hybridized carbons (Fsp3) is 0.500. The van der Waals surface area contributed by atoms with Gasteiger partial charge in [0.1, 0.15) is 18.0 Å². The van der Waals surface area contributed by atoms with E-state index in [0.717, 1.165) is 48.1 Å². The van der Waals surface area contributed by atoms with Crippen LogP contribution in [0.5, 0.6) is 0 Å². The molecule has 1 amide bonds. The lowest BCUT2D eigenvalue weighted by Crippen LogP contribution is -2.26. The van der Waals surface area contributed by atoms with Crippen LogP contribution >= 0.6 is 0 Å². The zero-order valence-electron chi connectivity index (χ0n) is 17.7. The van der Waals surface area contributed by atoms with Gasteiger partial charge in [0.2, 0.25) is 5.91 Å². The molecular formula is C24H28N4O2. The molecule has 2 aromatic rings. The quantitative estimate of drug-likeness (QED) is 0.751. The highest BCUT2D eigenvalue weighted by Crippen LogP contribution is 2.50. The molecule has 3 aliphatic rings. The molecule has 5 rings (SSSR count). The first kappa shape index (κ1) is 19.2. The molecule has 1 heterocycles. The molecule has 0 bridgehead atoms. The van der Waals surface area contributed by atoms with Crippen LogP contribution < -0.4 is 10.6 Å². The molecule has 2 saturated carbocycles. The minimum absolute atomic E-state index is 0.0111. The van der Waals surface area contributed by atoms with Gasteiger partial charge in [-0.15, -0.1) is 0 Å². The van der Waals surface area contributed by atoms with Crippen LogP contribution in [0.15, 0.2) is 18.5 Å². The molecule has 0 atom stereocenters. The van der Waals surface area contributed by atoms with Crippen molar-refractivity contribution in [3.8, 4) is 0 Å². The van der Waals surface area contributed by atoms with Crippen molar-refractivity contribution in [3.63, 3.8) is 0 Å². The first-order valence-electron chi connectivity index (χ1n) is 11.0. The summed E-state index contributed by atoms with van der Waals surface area (Å²) < 4.78 is 0. The van der Waals surface area contributed by atoms with E-state index >= 15 is 0 Å². The zero-order valence-corrected chi connectivity index (χ0v) is 17.7. The first-order chi connectivity index (χ1) is 14.5. The monoisotopic (exact) mass is 404 g/mol. The van der Waals surface area contributed by atoms with Crippen LogP contribution in [0.25, 0.3) is 0 Å². The van der Waals surface area contributed by atoms with Crippen LogP contribution in [0.2, 0.25) is 0 Å². The van der Waals surface area contributed by atoms with Crippen molar-refractivity contribution >= 4 is 29.0 Å². The normalized spacial score (nSPS) is 19.6. The van der Waals surface area contributed by atoms with Crippen LogP contribution in [-0.2, 0) is 10.2 Å². The summed E-state index contributed by atoms with van der Waals surface area (Å²) in [5, 5.41) is 6.35. The van der Waals surface area contributed by atoms with E-state index in [9.17, 15) is 9.59 Å². The second-order valence-corrected chi connectivity index (χ2v) is 9.24. The van der Waals surface area contributed by atoms with Gasteiger partial charge in [-0.25, -0.2) is 9.97 Å². The minimum atomic E-state index is 0.0111. The Kier molecular flexibility index (Phi) is 4.60. The summed E-state index contributed by atoms with van der Waals surface area (Å²) in [6.07, 6.45) is 9.87. The van der Waals surface area contributed by atoms with Crippen molar-refractivity contribution in [3.05, 3.63) is 40.7 Å². The molecule has 0 saturated heterocycles. The Morgan fingerprint density at radius 1 is 1.07 bits per heavy atom. The third-order valence-corrected chi connectivity index (χ3v) is 7.03. The third kappa shape index (κ3) is 3.28. The smallest absolute Gasteiger partial charge is 0.228 e. The molecule has 3 aliphatic carbocycles. The second-order valence-electron chi connectivity index (χ2n) is 9.24. The molecule has 6 heteroatoms. The number of ketones is 1. The maximum atomic E-state index is 12.8. The third-order valence-electron chi connectivity index (χ3n) is 7.03. The highest BCUT2D eigenvalue weighted by molar-refractivity contribution is 6.04. The molecule has 1 aromatic carbocycles. The molecule has 2 fully saturated rings. The fourth-order valence-corrected chi connectivity index (χ4v) is 5.22. The van der Waals surface area contributed by atoms with Crippen molar-refractivity contribution in [2.45, 2.75) is 70.6 Å². The largest absolute Gasteiger partial charge is 0.340 e. The number of Topliss-reactive ketones (excluding diaryl/α,β-unsaturated/α-hetero) is 1. The van der Waals surface area contributed by atoms with Crippen LogP contribution in [0.1, 0.15) is 78.4 Å². The first-order valence-corrected chi connectivity index (χ1v) is 11.0. The molecule has 1 spiro atoms. The lowest BCUT2D eigenvalue weighted by atomic mass is 9.70. The van der Waals surface area contributed by atoms with Gasteiger partial charge in [0.05, 0.1) is 0 Å². The fourth-order valence-electron chi connectivity index (χ4n) is 5.22. The van der Waals surface area contributed by atoms with Crippen molar-refractivity contribution in [2.24, 2.45) is 5.92 Å². The Bertz CT molecular complexity index is 1040. The van der Waals surface area contributed by atoms with Gasteiger partial charge in [0.25, 0.3) is 0 Å². The lowest BCUT2D eigenvalue weighted by Gasteiger charge is -2.34. The highest BCUT2D eigenvalue weighted by Gasteiger charge is 2.44. The summed E-state index contributed by atoms with van der Waals surface area (Å²) in [6.45, 7) is 3.94. The molecule has 1 aromatic heterocycles. The topological polar surface area (TPSA) is 84.0 Å². The molecule has 0 unspecified atom stereocenters. The number of hydrogen-bond donors (Lipinski definition) is 2. The molecule has 2 N–H and O–H groups in total. The van der Waals surface area contributed by atoms with Gasteiger partial charge in [-0.05, 0) is 62.8 Å². The van der Waals surface area contributed by atoms with Crippen LogP contribution in [0.4, 0.5) is 17.3 Å². The van der Waals surface area contributed by atoms with Crippen molar-refractivity contribution in [2.75, 3.05) is 10.6 Å². The number of carbonyl (C=O) groups is 2. The van der Waals surface area contributed by atoms with Crippen molar-refractivity contribution in [1.29, 1.82) is 0 Å². The number of amides is 1. The number of carbonyl (C=O) groups excluding carboxylic acids is 2. The number of rotatable bonds is 4. The van der Waals surface area contributed by atoms with Crippen molar-refractivity contribution in [1.82, 2.24) is 9.97 Å². The number of hydrogen-bond acceptors (Lipinski definition) is 5. The molecule has 6 nitrogen and oxygen atoms in total. The second kappa shape index (κ2) is 7.18. The number of nitrogens with zero attached hydrogens (tertiary/aromatic N) is 2. The summed E-state index contributed by atoms with van der Waals surface area (Å²) >= 11 is 0. The molecule has 0 aliphatic heterocycles. The van der Waals surface area contributed by atoms with Crippen LogP contribution in [0.3, 0.4) is 0 Å². The van der Waals surface area contributed by atoms with E-state index in [-0.39, 0.29) is 17.2 Å². The Morgan fingerprint density at radius 2 is 1.80 bits per heavy atom. The highest BCUT2D eigenvalue weighted by atomic mass is 16.2. The summed E-state index contributed by atoms with van der Waals surface area (Å²) in [6, 6.07) is 4.19. The molecule has 30 heavy (non-hydrogen) atoms. The van der Waals surface area contributed by atoms with E-state index in [1.165, 1.54) is 31.2 Å². The molecular weight excluding hydrogens is 376 g/mol. The van der Waals surface area contributed by atoms with Crippen LogP contribution in [-0.4, -0.2) is 21.7 Å². The lowest BCUT2D eigenvalue weighted by molar-refractivity contribution is -0.117. The van der Waals surface area contributed by atoms with Gasteiger partial charge in [0.15, 0.2) is 5.78 Å². The van der Waals surface area contributed by atoms with E-state index in [0.29, 0.717) is 23.8 Å². The van der Waals surface area contributed by atoms with Gasteiger partial charge in [-0.2, -0.15) is 0 Å². The predicted molar refractivity (Wildman–Crippen MR) is 116 cm³/mol. The average molecular weight is 405 g/mol. The van der Waals surface area contributed by atoms with E-state index in [1.54, 1.807) is 0 Å². The summed E-state index contributed by atoms with van der Waals surface area (Å²) in [5.74, 6) is 1.69. The minimum Gasteiger partial charge on any atom is -0.340 e. The summed E-state index contributed by atoms with van der Waals surface area (Å²) in [7, 11) is 0. The van der Waals surface area contributed by atoms with E-state index < -0.39 is 0 Å². The number of anilines is 3. The Balaban J connectivity index is 1.46. The van der Waals surface area contributed by atoms with Gasteiger partial charge in [-0.3, -0.25) is 9.59 Å². The molecule has 156 valence electrons. The standard InChI is InChI=1S/C24H28N4O2/c1-14-10-17(11-18-20(14)19(29)12-24(18)8-4-3-5-9-24)27-21-15(2)22(26-13-25-21)28-23(30)16-6-7-16/h10-11,13,16H,3-9,12H2,1-2H3,(H2,25,26,27,28,30). The Labute approximate surface area is 176 Å². The number of aryl methyl sites for hydroxylation is 1. The maximum Gasteiger partial charge on any atom is 0.228 e. The average Bonchev–Trinajstić information content (AvgIpc) is 3.53. The number of fused-ring (bicyclic) bond motifs is 2. The Morgan fingerprint density at radius 3 is 2.53 bits per heavy atom. The van der Waals surface area contributed by atoms with Crippen LogP contribution in [0, 0.1) is 19.8 Å². The number of benzene rings is 1. The summed E-state index contributed by atoms with van der Waals surface area (Å²) in [4.78, 5) is 33.6.